The van der Waals surface area contributed by atoms with E-state index < -0.39 is 11.5 Å². The van der Waals surface area contributed by atoms with E-state index in [1.54, 1.807) is 0 Å². The molecule has 0 spiro atoms. The van der Waals surface area contributed by atoms with Gasteiger partial charge in [-0.3, -0.25) is 4.57 Å². The summed E-state index contributed by atoms with van der Waals surface area (Å²) in [7, 11) is 0. The summed E-state index contributed by atoms with van der Waals surface area (Å²) in [5.74, 6) is -1.05. The minimum Gasteiger partial charge on any atom is -0.396 e. The fourth-order valence-electron chi connectivity index (χ4n) is 1.83. The van der Waals surface area contributed by atoms with Crippen molar-refractivity contribution < 1.29 is 9.50 Å². The molecule has 0 radical (unpaired) electrons. The van der Waals surface area contributed by atoms with Crippen molar-refractivity contribution in [2.24, 2.45) is 5.92 Å². The molecular weight excluding hydrogens is 201 g/mol. The molecule has 0 bridgehead atoms. The molecule has 0 aromatic carbocycles. The molecule has 0 unspecified atom stereocenters. The Balaban J connectivity index is 2.36. The van der Waals surface area contributed by atoms with Crippen molar-refractivity contribution in [2.45, 2.75) is 18.9 Å². The quantitative estimate of drug-likeness (QED) is 0.719. The highest BCUT2D eigenvalue weighted by molar-refractivity contribution is 5.26. The molecule has 1 aromatic rings. The summed E-state index contributed by atoms with van der Waals surface area (Å²) in [5.41, 5.74) is 4.61. The Morgan fingerprint density at radius 3 is 2.93 bits per heavy atom. The minimum absolute atomic E-state index is 0.00308. The van der Waals surface area contributed by atoms with E-state index in [0.29, 0.717) is 0 Å². The Morgan fingerprint density at radius 2 is 2.40 bits per heavy atom. The van der Waals surface area contributed by atoms with Gasteiger partial charge in [0.2, 0.25) is 0 Å². The molecule has 82 valence electrons. The molecule has 3 N–H and O–H groups in total. The minimum atomic E-state index is -0.696. The van der Waals surface area contributed by atoms with E-state index in [2.05, 4.69) is 4.98 Å². The lowest BCUT2D eigenvalue weighted by Crippen LogP contribution is -2.38. The Kier molecular flexibility index (Phi) is 2.44. The second-order valence-electron chi connectivity index (χ2n) is 3.75. The zero-order chi connectivity index (χ0) is 11.0. The van der Waals surface area contributed by atoms with E-state index in [-0.39, 0.29) is 24.4 Å². The molecule has 0 saturated heterocycles. The van der Waals surface area contributed by atoms with Gasteiger partial charge in [-0.2, -0.15) is 4.98 Å². The molecule has 6 heteroatoms. The third-order valence-electron chi connectivity index (χ3n) is 2.90. The highest BCUT2D eigenvalue weighted by Crippen LogP contribution is 2.37. The van der Waals surface area contributed by atoms with Gasteiger partial charge in [-0.05, 0) is 12.8 Å². The maximum atomic E-state index is 13.1. The van der Waals surface area contributed by atoms with Crippen LogP contribution in [-0.4, -0.2) is 21.3 Å². The monoisotopic (exact) mass is 213 g/mol. The van der Waals surface area contributed by atoms with Crippen LogP contribution in [0.4, 0.5) is 10.2 Å². The molecule has 0 amide bonds. The van der Waals surface area contributed by atoms with Crippen LogP contribution < -0.4 is 11.4 Å². The van der Waals surface area contributed by atoms with E-state index >= 15 is 0 Å². The number of hydrogen-bond donors (Lipinski definition) is 2. The van der Waals surface area contributed by atoms with Crippen molar-refractivity contribution in [3.8, 4) is 0 Å². The zero-order valence-corrected chi connectivity index (χ0v) is 8.06. The number of nitrogen functional groups attached to an aromatic ring is 1. The molecule has 0 aliphatic heterocycles. The Bertz CT molecular complexity index is 430. The second kappa shape index (κ2) is 3.62. The number of hydrogen-bond acceptors (Lipinski definition) is 4. The molecular formula is C9H12FN3O2. The largest absolute Gasteiger partial charge is 0.396 e. The molecule has 1 saturated carbocycles. The summed E-state index contributed by atoms with van der Waals surface area (Å²) in [6.45, 7) is 0.00308. The lowest BCUT2D eigenvalue weighted by Gasteiger charge is -2.36. The number of aliphatic hydroxyl groups is 1. The highest BCUT2D eigenvalue weighted by Gasteiger charge is 2.32. The van der Waals surface area contributed by atoms with Crippen molar-refractivity contribution in [3.63, 3.8) is 0 Å². The van der Waals surface area contributed by atoms with Gasteiger partial charge in [-0.15, -0.1) is 0 Å². The lowest BCUT2D eigenvalue weighted by molar-refractivity contribution is 0.0935. The van der Waals surface area contributed by atoms with Crippen molar-refractivity contribution in [3.05, 3.63) is 22.5 Å². The van der Waals surface area contributed by atoms with Crippen LogP contribution >= 0.6 is 0 Å². The van der Waals surface area contributed by atoms with Crippen LogP contribution in [0.25, 0.3) is 0 Å². The highest BCUT2D eigenvalue weighted by atomic mass is 19.1. The number of halogens is 1. The van der Waals surface area contributed by atoms with Crippen LogP contribution in [0.5, 0.6) is 0 Å². The number of nitrogens with two attached hydrogens (primary N) is 1. The van der Waals surface area contributed by atoms with Gasteiger partial charge in [0.15, 0.2) is 11.6 Å². The van der Waals surface area contributed by atoms with Gasteiger partial charge in [-0.25, -0.2) is 9.18 Å². The average molecular weight is 213 g/mol. The number of nitrogens with zero attached hydrogens (tertiary/aromatic N) is 2. The van der Waals surface area contributed by atoms with Gasteiger partial charge in [0.05, 0.1) is 0 Å². The van der Waals surface area contributed by atoms with Crippen LogP contribution in [0.15, 0.2) is 11.0 Å². The van der Waals surface area contributed by atoms with Crippen LogP contribution in [0.3, 0.4) is 0 Å². The van der Waals surface area contributed by atoms with Gasteiger partial charge in [0.1, 0.15) is 0 Å². The number of anilines is 1. The molecule has 2 rings (SSSR count). The Hall–Kier alpha value is -1.43. The van der Waals surface area contributed by atoms with Crippen molar-refractivity contribution in [1.82, 2.24) is 9.55 Å². The Labute approximate surface area is 85.4 Å². The van der Waals surface area contributed by atoms with Gasteiger partial charge < -0.3 is 10.8 Å². The van der Waals surface area contributed by atoms with Gasteiger partial charge in [0, 0.05) is 24.8 Å². The summed E-state index contributed by atoms with van der Waals surface area (Å²) in [6.07, 6.45) is 2.67. The topological polar surface area (TPSA) is 81.1 Å². The third kappa shape index (κ3) is 1.61. The van der Waals surface area contributed by atoms with Crippen molar-refractivity contribution >= 4 is 5.82 Å². The van der Waals surface area contributed by atoms with E-state index in [0.717, 1.165) is 19.0 Å². The normalized spacial score (nSPS) is 24.9. The predicted octanol–water partition coefficient (Wildman–Crippen LogP) is -0.0920. The van der Waals surface area contributed by atoms with Crippen LogP contribution in [-0.2, 0) is 0 Å². The molecule has 2 atom stereocenters. The van der Waals surface area contributed by atoms with E-state index in [1.807, 2.05) is 0 Å². The average Bonchev–Trinajstić information content (AvgIpc) is 2.13. The smallest absolute Gasteiger partial charge is 0.349 e. The van der Waals surface area contributed by atoms with E-state index in [9.17, 15) is 9.18 Å². The maximum absolute atomic E-state index is 13.1. The number of aromatic nitrogens is 2. The molecule has 1 heterocycles. The zero-order valence-electron chi connectivity index (χ0n) is 8.06. The molecule has 1 fully saturated rings. The van der Waals surface area contributed by atoms with E-state index in [1.165, 1.54) is 4.57 Å². The van der Waals surface area contributed by atoms with Crippen LogP contribution in [0.2, 0.25) is 0 Å². The van der Waals surface area contributed by atoms with Crippen molar-refractivity contribution in [1.29, 1.82) is 0 Å². The first-order chi connectivity index (χ1) is 7.13. The summed E-state index contributed by atoms with van der Waals surface area (Å²) in [4.78, 5) is 14.8. The summed E-state index contributed by atoms with van der Waals surface area (Å²) in [5, 5.41) is 8.98. The number of rotatable bonds is 2. The first-order valence-electron chi connectivity index (χ1n) is 4.78. The fourth-order valence-corrected chi connectivity index (χ4v) is 1.83. The summed E-state index contributed by atoms with van der Waals surface area (Å²) < 4.78 is 14.3. The molecule has 1 aromatic heterocycles. The van der Waals surface area contributed by atoms with Crippen LogP contribution in [0, 0.1) is 11.7 Å². The molecule has 1 aliphatic carbocycles. The van der Waals surface area contributed by atoms with E-state index in [4.69, 9.17) is 10.8 Å². The lowest BCUT2D eigenvalue weighted by atomic mass is 9.80. The standard InChI is InChI=1S/C9H12FN3O2/c10-6-3-13(9(15)12-8(6)11)7-2-1-5(7)4-14/h3,5,7,14H,1-2,4H2,(H2,11,12,15)/t5-,7-/m1/s1. The fraction of sp³-hybridized carbons (Fsp3) is 0.556. The molecule has 1 aliphatic rings. The Morgan fingerprint density at radius 1 is 1.67 bits per heavy atom. The summed E-state index contributed by atoms with van der Waals surface area (Å²) >= 11 is 0. The van der Waals surface area contributed by atoms with Gasteiger partial charge in [-0.1, -0.05) is 0 Å². The van der Waals surface area contributed by atoms with Gasteiger partial charge >= 0.3 is 5.69 Å². The summed E-state index contributed by atoms with van der Waals surface area (Å²) in [6, 6.07) is -0.148. The molecule has 5 nitrogen and oxygen atoms in total. The maximum Gasteiger partial charge on any atom is 0.349 e. The van der Waals surface area contributed by atoms with Crippen molar-refractivity contribution in [2.75, 3.05) is 12.3 Å². The molecule has 15 heavy (non-hydrogen) atoms. The SMILES string of the molecule is Nc1nc(=O)n([C@@H]2CC[C@@H]2CO)cc1F. The number of aliphatic hydroxyl groups excluding tert-OH is 1. The van der Waals surface area contributed by atoms with Gasteiger partial charge in [0.25, 0.3) is 0 Å². The predicted molar refractivity (Wildman–Crippen MR) is 51.7 cm³/mol. The first-order valence-corrected chi connectivity index (χ1v) is 4.78. The van der Waals surface area contributed by atoms with Crippen LogP contribution in [0.1, 0.15) is 18.9 Å². The third-order valence-corrected chi connectivity index (χ3v) is 2.90. The first kappa shape index (κ1) is 10.1. The second-order valence-corrected chi connectivity index (χ2v) is 3.75.